The van der Waals surface area contributed by atoms with Gasteiger partial charge in [-0.1, -0.05) is 0 Å². The topological polar surface area (TPSA) is 45.6 Å². The number of ether oxygens (including phenoxy) is 1. The van der Waals surface area contributed by atoms with Crippen molar-refractivity contribution in [3.8, 4) is 5.75 Å². The zero-order chi connectivity index (χ0) is 13.4. The molecule has 1 aliphatic rings. The average molecular weight is 258 g/mol. The first-order chi connectivity index (χ1) is 9.17. The van der Waals surface area contributed by atoms with Crippen molar-refractivity contribution in [2.75, 3.05) is 25.1 Å². The number of hydrogen-bond acceptors (Lipinski definition) is 4. The van der Waals surface area contributed by atoms with Crippen LogP contribution in [0.2, 0.25) is 0 Å². The van der Waals surface area contributed by atoms with E-state index in [1.807, 2.05) is 18.2 Å². The van der Waals surface area contributed by atoms with E-state index >= 15 is 0 Å². The molecule has 0 aliphatic carbocycles. The van der Waals surface area contributed by atoms with Crippen molar-refractivity contribution in [3.05, 3.63) is 29.8 Å². The fraction of sp³-hybridized carbons (Fsp3) is 0.400. The Morgan fingerprint density at radius 1 is 1.37 bits per heavy atom. The molecule has 0 radical (unpaired) electrons. The summed E-state index contributed by atoms with van der Waals surface area (Å²) in [7, 11) is 1.66. The third-order valence-corrected chi connectivity index (χ3v) is 3.70. The summed E-state index contributed by atoms with van der Waals surface area (Å²) in [6.07, 6.45) is 0.583. The van der Waals surface area contributed by atoms with Gasteiger partial charge in [0.05, 0.1) is 18.7 Å². The third kappa shape index (κ3) is 2.24. The highest BCUT2D eigenvalue weighted by molar-refractivity contribution is 5.85. The molecule has 1 unspecified atom stereocenters. The molecule has 3 rings (SSSR count). The van der Waals surface area contributed by atoms with Crippen LogP contribution in [0.3, 0.4) is 0 Å². The maximum absolute atomic E-state index is 9.64. The van der Waals surface area contributed by atoms with Crippen molar-refractivity contribution in [1.82, 2.24) is 4.98 Å². The Morgan fingerprint density at radius 3 is 2.89 bits per heavy atom. The second kappa shape index (κ2) is 4.70. The SMILES string of the molecule is COc1ccc2c(C)cc(N3CCC(O)C3)nc2c1. The third-order valence-electron chi connectivity index (χ3n) is 3.70. The molecule has 1 aromatic carbocycles. The quantitative estimate of drug-likeness (QED) is 0.896. The van der Waals surface area contributed by atoms with Crippen LogP contribution in [0.25, 0.3) is 10.9 Å². The highest BCUT2D eigenvalue weighted by Crippen LogP contribution is 2.27. The first-order valence-corrected chi connectivity index (χ1v) is 6.56. The lowest BCUT2D eigenvalue weighted by atomic mass is 10.1. The minimum atomic E-state index is -0.233. The van der Waals surface area contributed by atoms with Gasteiger partial charge in [-0.25, -0.2) is 4.98 Å². The molecular weight excluding hydrogens is 240 g/mol. The number of nitrogens with zero attached hydrogens (tertiary/aromatic N) is 2. The van der Waals surface area contributed by atoms with Crippen LogP contribution < -0.4 is 9.64 Å². The summed E-state index contributed by atoms with van der Waals surface area (Å²) in [5.41, 5.74) is 2.14. The normalized spacial score (nSPS) is 19.1. The minimum Gasteiger partial charge on any atom is -0.497 e. The molecule has 2 aromatic rings. The fourth-order valence-electron chi connectivity index (χ4n) is 2.60. The lowest BCUT2D eigenvalue weighted by Crippen LogP contribution is -2.22. The summed E-state index contributed by atoms with van der Waals surface area (Å²) in [5.74, 6) is 1.76. The number of aliphatic hydroxyl groups is 1. The van der Waals surface area contributed by atoms with Crippen LogP contribution >= 0.6 is 0 Å². The van der Waals surface area contributed by atoms with Gasteiger partial charge in [0.15, 0.2) is 0 Å². The fourth-order valence-corrected chi connectivity index (χ4v) is 2.60. The second-order valence-corrected chi connectivity index (χ2v) is 5.07. The number of methoxy groups -OCH3 is 1. The van der Waals surface area contributed by atoms with E-state index in [4.69, 9.17) is 9.72 Å². The smallest absolute Gasteiger partial charge is 0.129 e. The molecule has 0 bridgehead atoms. The van der Waals surface area contributed by atoms with Gasteiger partial charge in [0, 0.05) is 24.5 Å². The Kier molecular flexibility index (Phi) is 3.03. The monoisotopic (exact) mass is 258 g/mol. The first-order valence-electron chi connectivity index (χ1n) is 6.56. The van der Waals surface area contributed by atoms with Gasteiger partial charge in [-0.15, -0.1) is 0 Å². The Morgan fingerprint density at radius 2 is 2.21 bits per heavy atom. The molecule has 4 heteroatoms. The molecule has 4 nitrogen and oxygen atoms in total. The zero-order valence-corrected chi connectivity index (χ0v) is 11.3. The van der Waals surface area contributed by atoms with E-state index in [2.05, 4.69) is 17.9 Å². The molecular formula is C15H18N2O2. The molecule has 0 amide bonds. The summed E-state index contributed by atoms with van der Waals surface area (Å²) in [6, 6.07) is 8.04. The largest absolute Gasteiger partial charge is 0.497 e. The molecule has 1 N–H and O–H groups in total. The molecule has 19 heavy (non-hydrogen) atoms. The number of hydrogen-bond donors (Lipinski definition) is 1. The average Bonchev–Trinajstić information content (AvgIpc) is 2.84. The first kappa shape index (κ1) is 12.2. The molecule has 1 saturated heterocycles. The Bertz CT molecular complexity index is 612. The predicted octanol–water partition coefficient (Wildman–Crippen LogP) is 2.12. The van der Waals surface area contributed by atoms with Gasteiger partial charge in [-0.2, -0.15) is 0 Å². The number of aromatic nitrogens is 1. The number of benzene rings is 1. The van der Waals surface area contributed by atoms with Crippen molar-refractivity contribution < 1.29 is 9.84 Å². The van der Waals surface area contributed by atoms with Crippen LogP contribution in [0.4, 0.5) is 5.82 Å². The summed E-state index contributed by atoms with van der Waals surface area (Å²) in [6.45, 7) is 3.62. The molecule has 1 aromatic heterocycles. The van der Waals surface area contributed by atoms with Crippen molar-refractivity contribution >= 4 is 16.7 Å². The number of pyridine rings is 1. The van der Waals surface area contributed by atoms with Crippen LogP contribution in [0, 0.1) is 6.92 Å². The van der Waals surface area contributed by atoms with E-state index in [1.165, 1.54) is 5.56 Å². The van der Waals surface area contributed by atoms with E-state index < -0.39 is 0 Å². The second-order valence-electron chi connectivity index (χ2n) is 5.07. The van der Waals surface area contributed by atoms with Gasteiger partial charge in [0.2, 0.25) is 0 Å². The van der Waals surface area contributed by atoms with Crippen LogP contribution in [0.15, 0.2) is 24.3 Å². The summed E-state index contributed by atoms with van der Waals surface area (Å²) < 4.78 is 5.25. The maximum Gasteiger partial charge on any atom is 0.129 e. The van der Waals surface area contributed by atoms with Gasteiger partial charge in [0.25, 0.3) is 0 Å². The van der Waals surface area contributed by atoms with E-state index in [9.17, 15) is 5.11 Å². The van der Waals surface area contributed by atoms with Gasteiger partial charge in [-0.05, 0) is 37.1 Å². The maximum atomic E-state index is 9.64. The van der Waals surface area contributed by atoms with Crippen LogP contribution in [-0.2, 0) is 0 Å². The number of β-amino-alcohol motifs (C(OH)–C–C–N with tert-alkyl or cyclic N) is 1. The van der Waals surface area contributed by atoms with Gasteiger partial charge < -0.3 is 14.7 Å². The minimum absolute atomic E-state index is 0.233. The van der Waals surface area contributed by atoms with Crippen molar-refractivity contribution in [2.45, 2.75) is 19.4 Å². The summed E-state index contributed by atoms with van der Waals surface area (Å²) in [4.78, 5) is 6.83. The number of rotatable bonds is 2. The summed E-state index contributed by atoms with van der Waals surface area (Å²) in [5, 5.41) is 10.8. The predicted molar refractivity (Wildman–Crippen MR) is 75.9 cm³/mol. The number of anilines is 1. The molecule has 100 valence electrons. The van der Waals surface area contributed by atoms with E-state index in [-0.39, 0.29) is 6.10 Å². The van der Waals surface area contributed by atoms with Crippen molar-refractivity contribution in [2.24, 2.45) is 0 Å². The van der Waals surface area contributed by atoms with E-state index in [0.717, 1.165) is 35.4 Å². The standard InChI is InChI=1S/C15H18N2O2/c1-10-7-15(17-6-5-11(18)9-17)16-14-8-12(19-2)3-4-13(10)14/h3-4,7-8,11,18H,5-6,9H2,1-2H3. The lowest BCUT2D eigenvalue weighted by Gasteiger charge is -2.18. The highest BCUT2D eigenvalue weighted by Gasteiger charge is 2.21. The zero-order valence-electron chi connectivity index (χ0n) is 11.3. The van der Waals surface area contributed by atoms with E-state index in [1.54, 1.807) is 7.11 Å². The van der Waals surface area contributed by atoms with Crippen LogP contribution in [0.5, 0.6) is 5.75 Å². The highest BCUT2D eigenvalue weighted by atomic mass is 16.5. The van der Waals surface area contributed by atoms with Crippen LogP contribution in [0.1, 0.15) is 12.0 Å². The van der Waals surface area contributed by atoms with Gasteiger partial charge in [-0.3, -0.25) is 0 Å². The van der Waals surface area contributed by atoms with Crippen LogP contribution in [-0.4, -0.2) is 36.4 Å². The number of aliphatic hydroxyl groups excluding tert-OH is 1. The number of fused-ring (bicyclic) bond motifs is 1. The number of aryl methyl sites for hydroxylation is 1. The van der Waals surface area contributed by atoms with Gasteiger partial charge >= 0.3 is 0 Å². The Hall–Kier alpha value is -1.81. The summed E-state index contributed by atoms with van der Waals surface area (Å²) >= 11 is 0. The Balaban J connectivity index is 2.06. The van der Waals surface area contributed by atoms with E-state index in [0.29, 0.717) is 6.54 Å². The van der Waals surface area contributed by atoms with Gasteiger partial charge in [0.1, 0.15) is 11.6 Å². The van der Waals surface area contributed by atoms with Crippen molar-refractivity contribution in [1.29, 1.82) is 0 Å². The van der Waals surface area contributed by atoms with Crippen molar-refractivity contribution in [3.63, 3.8) is 0 Å². The molecule has 1 atom stereocenters. The lowest BCUT2D eigenvalue weighted by molar-refractivity contribution is 0.198. The molecule has 1 aliphatic heterocycles. The molecule has 0 saturated carbocycles. The Labute approximate surface area is 112 Å². The molecule has 0 spiro atoms. The molecule has 1 fully saturated rings. The molecule has 2 heterocycles.